The van der Waals surface area contributed by atoms with Crippen LogP contribution in [0.4, 0.5) is 0 Å². The second kappa shape index (κ2) is 13.9. The highest BCUT2D eigenvalue weighted by Crippen LogP contribution is 2.14. The van der Waals surface area contributed by atoms with Crippen LogP contribution in [0, 0.1) is 0 Å². The number of aliphatic hydroxyl groups excluding tert-OH is 3. The van der Waals surface area contributed by atoms with Crippen LogP contribution in [0.1, 0.15) is 16.7 Å². The lowest BCUT2D eigenvalue weighted by molar-refractivity contribution is -0.155. The molecule has 6 heteroatoms. The van der Waals surface area contributed by atoms with Crippen LogP contribution in [0.15, 0.2) is 91.0 Å². The van der Waals surface area contributed by atoms with Gasteiger partial charge in [-0.05, 0) is 16.7 Å². The van der Waals surface area contributed by atoms with Crippen molar-refractivity contribution < 1.29 is 29.5 Å². The molecular formula is C27H32O6. The first-order chi connectivity index (χ1) is 16.1. The zero-order valence-corrected chi connectivity index (χ0v) is 18.6. The van der Waals surface area contributed by atoms with Crippen molar-refractivity contribution in [3.05, 3.63) is 108 Å². The average Bonchev–Trinajstić information content (AvgIpc) is 2.87. The number of rotatable bonds is 14. The monoisotopic (exact) mass is 452 g/mol. The van der Waals surface area contributed by atoms with E-state index < -0.39 is 24.4 Å². The molecule has 0 spiro atoms. The van der Waals surface area contributed by atoms with E-state index in [1.165, 1.54) is 0 Å². The summed E-state index contributed by atoms with van der Waals surface area (Å²) in [5.74, 6) is 0. The first kappa shape index (κ1) is 25.1. The van der Waals surface area contributed by atoms with Gasteiger partial charge in [0.1, 0.15) is 24.4 Å². The predicted molar refractivity (Wildman–Crippen MR) is 125 cm³/mol. The number of hydrogen-bond acceptors (Lipinski definition) is 6. The Labute approximate surface area is 195 Å². The van der Waals surface area contributed by atoms with E-state index in [0.717, 1.165) is 16.7 Å². The molecule has 0 saturated carbocycles. The fraction of sp³-hybridized carbons (Fsp3) is 0.333. The number of hydrogen-bond donors (Lipinski definition) is 3. The van der Waals surface area contributed by atoms with Crippen LogP contribution in [0.2, 0.25) is 0 Å². The topological polar surface area (TPSA) is 88.4 Å². The van der Waals surface area contributed by atoms with Gasteiger partial charge in [0.05, 0.1) is 33.0 Å². The second-order valence-electron chi connectivity index (χ2n) is 7.89. The van der Waals surface area contributed by atoms with Gasteiger partial charge in [-0.25, -0.2) is 0 Å². The van der Waals surface area contributed by atoms with Crippen LogP contribution in [0.25, 0.3) is 0 Å². The van der Waals surface area contributed by atoms with E-state index in [1.807, 2.05) is 91.0 Å². The average molecular weight is 453 g/mol. The van der Waals surface area contributed by atoms with Crippen molar-refractivity contribution in [2.24, 2.45) is 0 Å². The molecule has 3 N–H and O–H groups in total. The molecule has 0 heterocycles. The summed E-state index contributed by atoms with van der Waals surface area (Å²) in [5.41, 5.74) is 2.88. The van der Waals surface area contributed by atoms with Crippen LogP contribution < -0.4 is 0 Å². The standard InChI is InChI=1S/C27H32O6/c28-24(19-31-16-21-10-4-1-5-11-21)26(29)27(30)25(33-18-23-14-8-3-9-15-23)20-32-17-22-12-6-2-7-13-22/h1-15,24-30H,16-20H2/t24-,25-,26-,27-/m1/s1. The second-order valence-corrected chi connectivity index (χ2v) is 7.89. The highest BCUT2D eigenvalue weighted by Gasteiger charge is 2.32. The first-order valence-electron chi connectivity index (χ1n) is 11.1. The molecule has 3 aromatic carbocycles. The van der Waals surface area contributed by atoms with E-state index in [1.54, 1.807) is 0 Å². The first-order valence-corrected chi connectivity index (χ1v) is 11.1. The summed E-state index contributed by atoms with van der Waals surface area (Å²) in [5, 5.41) is 31.7. The van der Waals surface area contributed by atoms with E-state index in [-0.39, 0.29) is 19.8 Å². The Hall–Kier alpha value is -2.58. The van der Waals surface area contributed by atoms with E-state index in [9.17, 15) is 15.3 Å². The minimum absolute atomic E-state index is 0.0531. The number of benzene rings is 3. The zero-order chi connectivity index (χ0) is 23.3. The predicted octanol–water partition coefficient (Wildman–Crippen LogP) is 3.09. The third-order valence-corrected chi connectivity index (χ3v) is 5.23. The zero-order valence-electron chi connectivity index (χ0n) is 18.6. The maximum Gasteiger partial charge on any atom is 0.111 e. The Morgan fingerprint density at radius 2 is 0.939 bits per heavy atom. The Morgan fingerprint density at radius 3 is 1.42 bits per heavy atom. The maximum absolute atomic E-state index is 10.8. The molecule has 3 rings (SSSR count). The highest BCUT2D eigenvalue weighted by molar-refractivity contribution is 5.15. The van der Waals surface area contributed by atoms with Gasteiger partial charge in [0, 0.05) is 0 Å². The molecule has 0 radical (unpaired) electrons. The van der Waals surface area contributed by atoms with Crippen LogP contribution in [-0.2, 0) is 34.0 Å². The van der Waals surface area contributed by atoms with Crippen molar-refractivity contribution in [3.63, 3.8) is 0 Å². The van der Waals surface area contributed by atoms with Crippen molar-refractivity contribution in [1.29, 1.82) is 0 Å². The third-order valence-electron chi connectivity index (χ3n) is 5.23. The summed E-state index contributed by atoms with van der Waals surface area (Å²) < 4.78 is 17.1. The van der Waals surface area contributed by atoms with Gasteiger partial charge in [0.25, 0.3) is 0 Å². The van der Waals surface area contributed by atoms with Gasteiger partial charge < -0.3 is 29.5 Å². The van der Waals surface area contributed by atoms with Crippen LogP contribution in [0.3, 0.4) is 0 Å². The van der Waals surface area contributed by atoms with Crippen molar-refractivity contribution in [2.75, 3.05) is 13.2 Å². The van der Waals surface area contributed by atoms with E-state index in [4.69, 9.17) is 14.2 Å². The van der Waals surface area contributed by atoms with Gasteiger partial charge in [-0.15, -0.1) is 0 Å². The highest BCUT2D eigenvalue weighted by atomic mass is 16.5. The molecular weight excluding hydrogens is 420 g/mol. The summed E-state index contributed by atoms with van der Waals surface area (Å²) in [6.45, 7) is 0.817. The Balaban J connectivity index is 1.53. The lowest BCUT2D eigenvalue weighted by Gasteiger charge is -2.29. The molecule has 33 heavy (non-hydrogen) atoms. The molecule has 0 aliphatic rings. The molecule has 0 amide bonds. The van der Waals surface area contributed by atoms with E-state index in [2.05, 4.69) is 0 Å². The molecule has 0 aromatic heterocycles. The lowest BCUT2D eigenvalue weighted by Crippen LogP contribution is -2.48. The Morgan fingerprint density at radius 1 is 0.515 bits per heavy atom. The van der Waals surface area contributed by atoms with Gasteiger partial charge >= 0.3 is 0 Å². The number of aliphatic hydroxyl groups is 3. The quantitative estimate of drug-likeness (QED) is 0.348. The van der Waals surface area contributed by atoms with Gasteiger partial charge in [-0.2, -0.15) is 0 Å². The lowest BCUT2D eigenvalue weighted by atomic mass is 10.0. The SMILES string of the molecule is O[C@@H]([C@H](O)[C@@H](COCc1ccccc1)OCc1ccccc1)[C@H](O)COCc1ccccc1. The van der Waals surface area contributed by atoms with Gasteiger partial charge in [-0.3, -0.25) is 0 Å². The van der Waals surface area contributed by atoms with Crippen molar-refractivity contribution >= 4 is 0 Å². The summed E-state index contributed by atoms with van der Waals surface area (Å²) in [6.07, 6.45) is -4.94. The molecule has 0 aliphatic carbocycles. The fourth-order valence-electron chi connectivity index (χ4n) is 3.31. The largest absolute Gasteiger partial charge is 0.388 e. The molecule has 0 bridgehead atoms. The van der Waals surface area contributed by atoms with Crippen LogP contribution >= 0.6 is 0 Å². The molecule has 176 valence electrons. The van der Waals surface area contributed by atoms with Gasteiger partial charge in [0.2, 0.25) is 0 Å². The minimum atomic E-state index is -1.46. The molecule has 0 aliphatic heterocycles. The Bertz CT molecular complexity index is 890. The summed E-state index contributed by atoms with van der Waals surface area (Å²) in [7, 11) is 0. The summed E-state index contributed by atoms with van der Waals surface area (Å²) in [6, 6.07) is 28.7. The molecule has 4 atom stereocenters. The van der Waals surface area contributed by atoms with Gasteiger partial charge in [-0.1, -0.05) is 91.0 Å². The molecule has 6 nitrogen and oxygen atoms in total. The smallest absolute Gasteiger partial charge is 0.111 e. The van der Waals surface area contributed by atoms with E-state index in [0.29, 0.717) is 13.2 Å². The van der Waals surface area contributed by atoms with Crippen molar-refractivity contribution in [1.82, 2.24) is 0 Å². The summed E-state index contributed by atoms with van der Waals surface area (Å²) in [4.78, 5) is 0. The Kier molecular flexibility index (Phi) is 10.5. The third kappa shape index (κ3) is 8.70. The molecule has 0 fully saturated rings. The van der Waals surface area contributed by atoms with Crippen LogP contribution in [0.5, 0.6) is 0 Å². The van der Waals surface area contributed by atoms with Crippen LogP contribution in [-0.4, -0.2) is 52.9 Å². The minimum Gasteiger partial charge on any atom is -0.388 e. The van der Waals surface area contributed by atoms with E-state index >= 15 is 0 Å². The van der Waals surface area contributed by atoms with Gasteiger partial charge in [0.15, 0.2) is 0 Å². The van der Waals surface area contributed by atoms with Crippen molar-refractivity contribution in [2.45, 2.75) is 44.2 Å². The fourth-order valence-corrected chi connectivity index (χ4v) is 3.31. The van der Waals surface area contributed by atoms with Crippen molar-refractivity contribution in [3.8, 4) is 0 Å². The maximum atomic E-state index is 10.8. The number of ether oxygens (including phenoxy) is 3. The molecule has 3 aromatic rings. The normalized spacial score (nSPS) is 15.0. The summed E-state index contributed by atoms with van der Waals surface area (Å²) >= 11 is 0. The molecule has 0 unspecified atom stereocenters. The molecule has 0 saturated heterocycles.